The van der Waals surface area contributed by atoms with Crippen LogP contribution in [0.2, 0.25) is 0 Å². The summed E-state index contributed by atoms with van der Waals surface area (Å²) in [4.78, 5) is 2.54. The van der Waals surface area contributed by atoms with Gasteiger partial charge in [-0.15, -0.1) is 0 Å². The molecule has 0 saturated carbocycles. The molecular formula is C16H26N2. The molecule has 0 radical (unpaired) electrons. The van der Waals surface area contributed by atoms with E-state index in [9.17, 15) is 0 Å². The van der Waals surface area contributed by atoms with Gasteiger partial charge in [0.15, 0.2) is 0 Å². The van der Waals surface area contributed by atoms with Crippen LogP contribution in [0.5, 0.6) is 0 Å². The Bertz CT molecular complexity index is 373. The van der Waals surface area contributed by atoms with Gasteiger partial charge in [-0.1, -0.05) is 32.9 Å². The monoisotopic (exact) mass is 246 g/mol. The van der Waals surface area contributed by atoms with Crippen molar-refractivity contribution in [2.45, 2.75) is 33.1 Å². The van der Waals surface area contributed by atoms with Crippen molar-refractivity contribution in [3.63, 3.8) is 0 Å². The summed E-state index contributed by atoms with van der Waals surface area (Å²) in [6, 6.07) is 9.05. The van der Waals surface area contributed by atoms with Gasteiger partial charge in [-0.25, -0.2) is 0 Å². The molecule has 0 aromatic heterocycles. The van der Waals surface area contributed by atoms with E-state index in [1.807, 2.05) is 0 Å². The van der Waals surface area contributed by atoms with Gasteiger partial charge in [0.2, 0.25) is 0 Å². The van der Waals surface area contributed by atoms with Crippen LogP contribution in [0.4, 0.5) is 5.69 Å². The molecule has 1 saturated heterocycles. The molecule has 2 rings (SSSR count). The fourth-order valence-corrected chi connectivity index (χ4v) is 2.66. The molecule has 1 aliphatic heterocycles. The Balaban J connectivity index is 1.98. The summed E-state index contributed by atoms with van der Waals surface area (Å²) in [7, 11) is 0. The first-order valence-electron chi connectivity index (χ1n) is 7.26. The molecule has 1 N–H and O–H groups in total. The lowest BCUT2D eigenvalue weighted by Gasteiger charge is -2.20. The van der Waals surface area contributed by atoms with E-state index in [1.54, 1.807) is 0 Å². The minimum absolute atomic E-state index is 0.616. The van der Waals surface area contributed by atoms with Crippen molar-refractivity contribution in [2.75, 3.05) is 31.1 Å². The zero-order valence-electron chi connectivity index (χ0n) is 11.9. The van der Waals surface area contributed by atoms with Crippen LogP contribution in [0.25, 0.3) is 0 Å². The summed E-state index contributed by atoms with van der Waals surface area (Å²) in [5, 5.41) is 3.47. The van der Waals surface area contributed by atoms with Gasteiger partial charge in [0.1, 0.15) is 0 Å². The van der Waals surface area contributed by atoms with E-state index in [0.717, 1.165) is 19.0 Å². The topological polar surface area (TPSA) is 15.3 Å². The van der Waals surface area contributed by atoms with Crippen molar-refractivity contribution < 1.29 is 0 Å². The van der Waals surface area contributed by atoms with Gasteiger partial charge in [0.05, 0.1) is 0 Å². The fraction of sp³-hybridized carbons (Fsp3) is 0.625. The lowest BCUT2D eigenvalue weighted by atomic mass is 10.0. The van der Waals surface area contributed by atoms with Crippen LogP contribution in [-0.4, -0.2) is 26.2 Å². The molecule has 18 heavy (non-hydrogen) atoms. The quantitative estimate of drug-likeness (QED) is 0.858. The molecule has 1 aromatic carbocycles. The minimum Gasteiger partial charge on any atom is -0.371 e. The maximum Gasteiger partial charge on any atom is 0.0369 e. The maximum absolute atomic E-state index is 3.47. The maximum atomic E-state index is 3.47. The van der Waals surface area contributed by atoms with Gasteiger partial charge >= 0.3 is 0 Å². The normalized spacial score (nSPS) is 19.8. The smallest absolute Gasteiger partial charge is 0.0369 e. The van der Waals surface area contributed by atoms with Gasteiger partial charge in [-0.05, 0) is 49.0 Å². The Labute approximate surface area is 111 Å². The molecule has 1 heterocycles. The van der Waals surface area contributed by atoms with Gasteiger partial charge < -0.3 is 10.2 Å². The van der Waals surface area contributed by atoms with Crippen LogP contribution in [0, 0.1) is 5.92 Å². The molecule has 1 aromatic rings. The summed E-state index contributed by atoms with van der Waals surface area (Å²) >= 11 is 0. The van der Waals surface area contributed by atoms with Crippen LogP contribution in [0.1, 0.15) is 38.7 Å². The van der Waals surface area contributed by atoms with Crippen molar-refractivity contribution in [1.29, 1.82) is 0 Å². The van der Waals surface area contributed by atoms with Gasteiger partial charge in [0, 0.05) is 18.8 Å². The molecule has 1 unspecified atom stereocenters. The third kappa shape index (κ3) is 3.26. The van der Waals surface area contributed by atoms with E-state index in [0.29, 0.717) is 5.92 Å². The minimum atomic E-state index is 0.616. The SMILES string of the molecule is CCNCC1CCN(c2cccc(C(C)C)c2)C1. The summed E-state index contributed by atoms with van der Waals surface area (Å²) in [6.07, 6.45) is 1.32. The van der Waals surface area contributed by atoms with E-state index in [2.05, 4.69) is 55.3 Å². The number of nitrogens with one attached hydrogen (secondary N) is 1. The Morgan fingerprint density at radius 2 is 2.22 bits per heavy atom. The van der Waals surface area contributed by atoms with E-state index in [4.69, 9.17) is 0 Å². The van der Waals surface area contributed by atoms with Crippen LogP contribution in [0.15, 0.2) is 24.3 Å². The molecule has 0 spiro atoms. The first-order valence-corrected chi connectivity index (χ1v) is 7.26. The average molecular weight is 246 g/mol. The molecule has 2 nitrogen and oxygen atoms in total. The van der Waals surface area contributed by atoms with Gasteiger partial charge in [0.25, 0.3) is 0 Å². The highest BCUT2D eigenvalue weighted by Crippen LogP contribution is 2.26. The summed E-state index contributed by atoms with van der Waals surface area (Å²) in [5.41, 5.74) is 2.85. The molecule has 0 aliphatic carbocycles. The first kappa shape index (κ1) is 13.4. The molecule has 0 amide bonds. The van der Waals surface area contributed by atoms with E-state index >= 15 is 0 Å². The highest BCUT2D eigenvalue weighted by molar-refractivity contribution is 5.50. The van der Waals surface area contributed by atoms with Crippen LogP contribution >= 0.6 is 0 Å². The predicted molar refractivity (Wildman–Crippen MR) is 79.4 cm³/mol. The van der Waals surface area contributed by atoms with Crippen molar-refractivity contribution in [2.24, 2.45) is 5.92 Å². The van der Waals surface area contributed by atoms with E-state index in [1.165, 1.54) is 30.8 Å². The third-order valence-electron chi connectivity index (χ3n) is 3.87. The second kappa shape index (κ2) is 6.24. The third-order valence-corrected chi connectivity index (χ3v) is 3.87. The zero-order chi connectivity index (χ0) is 13.0. The lowest BCUT2D eigenvalue weighted by molar-refractivity contribution is 0.528. The number of hydrogen-bond acceptors (Lipinski definition) is 2. The standard InChI is InChI=1S/C16H26N2/c1-4-17-11-14-8-9-18(12-14)16-7-5-6-15(10-16)13(2)3/h5-7,10,13-14,17H,4,8-9,11-12H2,1-3H3. The van der Waals surface area contributed by atoms with E-state index < -0.39 is 0 Å². The highest BCUT2D eigenvalue weighted by atomic mass is 15.2. The van der Waals surface area contributed by atoms with Gasteiger partial charge in [-0.2, -0.15) is 0 Å². The van der Waals surface area contributed by atoms with Crippen molar-refractivity contribution in [3.8, 4) is 0 Å². The van der Waals surface area contributed by atoms with E-state index in [-0.39, 0.29) is 0 Å². The second-order valence-electron chi connectivity index (χ2n) is 5.66. The molecule has 0 bridgehead atoms. The average Bonchev–Trinajstić information content (AvgIpc) is 2.85. The first-order chi connectivity index (χ1) is 8.70. The Morgan fingerprint density at radius 1 is 1.39 bits per heavy atom. The highest BCUT2D eigenvalue weighted by Gasteiger charge is 2.22. The van der Waals surface area contributed by atoms with Crippen LogP contribution < -0.4 is 10.2 Å². The molecule has 1 fully saturated rings. The number of hydrogen-bond donors (Lipinski definition) is 1. The van der Waals surface area contributed by atoms with Gasteiger partial charge in [-0.3, -0.25) is 0 Å². The van der Waals surface area contributed by atoms with Crippen molar-refractivity contribution >= 4 is 5.69 Å². The zero-order valence-corrected chi connectivity index (χ0v) is 11.9. The molecule has 2 heteroatoms. The Kier molecular flexibility index (Phi) is 4.65. The predicted octanol–water partition coefficient (Wildman–Crippen LogP) is 3.25. The van der Waals surface area contributed by atoms with Crippen LogP contribution in [-0.2, 0) is 0 Å². The Hall–Kier alpha value is -1.02. The van der Waals surface area contributed by atoms with Crippen LogP contribution in [0.3, 0.4) is 0 Å². The summed E-state index contributed by atoms with van der Waals surface area (Å²) in [5.74, 6) is 1.43. The number of rotatable bonds is 5. The number of benzene rings is 1. The second-order valence-corrected chi connectivity index (χ2v) is 5.66. The van der Waals surface area contributed by atoms with Crippen molar-refractivity contribution in [1.82, 2.24) is 5.32 Å². The molecule has 1 aliphatic rings. The Morgan fingerprint density at radius 3 is 2.94 bits per heavy atom. The number of anilines is 1. The molecule has 100 valence electrons. The summed E-state index contributed by atoms with van der Waals surface area (Å²) in [6.45, 7) is 11.4. The molecule has 1 atom stereocenters. The lowest BCUT2D eigenvalue weighted by Crippen LogP contribution is -2.26. The fourth-order valence-electron chi connectivity index (χ4n) is 2.66. The summed E-state index contributed by atoms with van der Waals surface area (Å²) < 4.78 is 0. The number of nitrogens with zero attached hydrogens (tertiary/aromatic N) is 1. The molecular weight excluding hydrogens is 220 g/mol. The van der Waals surface area contributed by atoms with Crippen molar-refractivity contribution in [3.05, 3.63) is 29.8 Å². The largest absolute Gasteiger partial charge is 0.371 e.